The molecule has 0 amide bonds. The van der Waals surface area contributed by atoms with Gasteiger partial charge in [-0.15, -0.1) is 22.7 Å². The molecule has 2 rings (SSSR count). The van der Waals surface area contributed by atoms with Crippen LogP contribution in [0.25, 0.3) is 0 Å². The van der Waals surface area contributed by atoms with Crippen LogP contribution in [0.3, 0.4) is 0 Å². The number of ether oxygens (including phenoxy) is 1. The lowest BCUT2D eigenvalue weighted by Crippen LogP contribution is -2.26. The van der Waals surface area contributed by atoms with Crippen LogP contribution in [0.15, 0.2) is 16.3 Å². The van der Waals surface area contributed by atoms with Crippen molar-refractivity contribution in [2.75, 3.05) is 20.3 Å². The molecule has 0 radical (unpaired) electrons. The Labute approximate surface area is 121 Å². The van der Waals surface area contributed by atoms with Crippen molar-refractivity contribution < 1.29 is 4.74 Å². The Balaban J connectivity index is 2.16. The smallest absolute Gasteiger partial charge is 0.116 e. The second kappa shape index (κ2) is 7.09. The highest BCUT2D eigenvalue weighted by Crippen LogP contribution is 2.27. The summed E-state index contributed by atoms with van der Waals surface area (Å²) in [4.78, 5) is 9.13. The fourth-order valence-corrected chi connectivity index (χ4v) is 3.33. The molecule has 0 bridgehead atoms. The minimum absolute atomic E-state index is 0.0684. The number of hydrogen-bond donors (Lipinski definition) is 1. The summed E-state index contributed by atoms with van der Waals surface area (Å²) >= 11 is 3.30. The quantitative estimate of drug-likeness (QED) is 0.798. The Morgan fingerprint density at radius 2 is 2.16 bits per heavy atom. The number of methoxy groups -OCH3 is 1. The lowest BCUT2D eigenvalue weighted by molar-refractivity contribution is 0.197. The summed E-state index contributed by atoms with van der Waals surface area (Å²) in [7, 11) is 1.71. The predicted molar refractivity (Wildman–Crippen MR) is 80.0 cm³/mol. The summed E-state index contributed by atoms with van der Waals surface area (Å²) in [6.07, 6.45) is 0. The average molecular weight is 297 g/mol. The summed E-state index contributed by atoms with van der Waals surface area (Å²) in [5.41, 5.74) is 4.04. The van der Waals surface area contributed by atoms with Gasteiger partial charge in [0.1, 0.15) is 11.0 Å². The van der Waals surface area contributed by atoms with Crippen LogP contribution >= 0.6 is 22.7 Å². The van der Waals surface area contributed by atoms with Crippen LogP contribution in [0.1, 0.15) is 42.2 Å². The van der Waals surface area contributed by atoms with E-state index in [-0.39, 0.29) is 6.04 Å². The van der Waals surface area contributed by atoms with Crippen molar-refractivity contribution in [3.63, 3.8) is 0 Å². The number of thiazole rings is 2. The first kappa shape index (κ1) is 14.6. The molecular weight excluding hydrogens is 278 g/mol. The highest BCUT2D eigenvalue weighted by atomic mass is 32.1. The van der Waals surface area contributed by atoms with E-state index in [0.717, 1.165) is 22.9 Å². The predicted octanol–water partition coefficient (Wildman–Crippen LogP) is 3.05. The normalized spacial score (nSPS) is 13.1. The van der Waals surface area contributed by atoms with Gasteiger partial charge in [0.05, 0.1) is 23.5 Å². The first-order chi connectivity index (χ1) is 9.22. The summed E-state index contributed by atoms with van der Waals surface area (Å²) in [6.45, 7) is 5.79. The van der Waals surface area contributed by atoms with Crippen LogP contribution in [0.2, 0.25) is 0 Å². The number of nitrogens with one attached hydrogen (secondary N) is 1. The van der Waals surface area contributed by atoms with Gasteiger partial charge in [0.25, 0.3) is 0 Å². The number of aromatic nitrogens is 2. The standard InChI is InChI=1S/C13H19N3OS2/c1-9(2)10-7-19-13(16-10)12(14-4-5-17-3)11-6-18-8-15-11/h6-9,12,14H,4-5H2,1-3H3. The van der Waals surface area contributed by atoms with E-state index in [0.29, 0.717) is 12.5 Å². The van der Waals surface area contributed by atoms with Gasteiger partial charge in [0.2, 0.25) is 0 Å². The van der Waals surface area contributed by atoms with Crippen molar-refractivity contribution in [3.8, 4) is 0 Å². The van der Waals surface area contributed by atoms with Gasteiger partial charge < -0.3 is 10.1 Å². The molecule has 6 heteroatoms. The molecule has 4 nitrogen and oxygen atoms in total. The Bertz CT molecular complexity index is 482. The van der Waals surface area contributed by atoms with Gasteiger partial charge in [-0.05, 0) is 5.92 Å². The maximum atomic E-state index is 5.09. The zero-order chi connectivity index (χ0) is 13.7. The molecular formula is C13H19N3OS2. The largest absolute Gasteiger partial charge is 0.383 e. The molecule has 104 valence electrons. The van der Waals surface area contributed by atoms with Crippen molar-refractivity contribution in [3.05, 3.63) is 32.7 Å². The van der Waals surface area contributed by atoms with Crippen LogP contribution in [0.5, 0.6) is 0 Å². The maximum absolute atomic E-state index is 5.09. The Morgan fingerprint density at radius 1 is 1.32 bits per heavy atom. The third-order valence-electron chi connectivity index (χ3n) is 2.78. The van der Waals surface area contributed by atoms with E-state index < -0.39 is 0 Å². The number of hydrogen-bond acceptors (Lipinski definition) is 6. The third-order valence-corrected chi connectivity index (χ3v) is 4.31. The SMILES string of the molecule is COCCNC(c1cscn1)c1nc(C(C)C)cs1. The first-order valence-corrected chi connectivity index (χ1v) is 8.10. The molecule has 0 aromatic carbocycles. The van der Waals surface area contributed by atoms with Crippen molar-refractivity contribution >= 4 is 22.7 Å². The van der Waals surface area contributed by atoms with E-state index in [1.54, 1.807) is 29.8 Å². The molecule has 0 spiro atoms. The van der Waals surface area contributed by atoms with Crippen molar-refractivity contribution in [1.82, 2.24) is 15.3 Å². The average Bonchev–Trinajstić information content (AvgIpc) is 3.06. The number of nitrogens with zero attached hydrogens (tertiary/aromatic N) is 2. The molecule has 0 aliphatic heterocycles. The highest BCUT2D eigenvalue weighted by molar-refractivity contribution is 7.10. The van der Waals surface area contributed by atoms with E-state index in [9.17, 15) is 0 Å². The fourth-order valence-electron chi connectivity index (χ4n) is 1.69. The van der Waals surface area contributed by atoms with Gasteiger partial charge in [-0.25, -0.2) is 9.97 Å². The number of rotatable bonds is 7. The lowest BCUT2D eigenvalue weighted by Gasteiger charge is -2.14. The molecule has 1 unspecified atom stereocenters. The molecule has 0 aliphatic carbocycles. The summed E-state index contributed by atoms with van der Waals surface area (Å²) in [5, 5.41) is 8.74. The molecule has 1 atom stereocenters. The molecule has 0 saturated heterocycles. The Morgan fingerprint density at radius 3 is 2.74 bits per heavy atom. The molecule has 19 heavy (non-hydrogen) atoms. The van der Waals surface area contributed by atoms with Gasteiger partial charge in [0.15, 0.2) is 0 Å². The molecule has 0 fully saturated rings. The zero-order valence-corrected chi connectivity index (χ0v) is 13.1. The van der Waals surface area contributed by atoms with Crippen molar-refractivity contribution in [1.29, 1.82) is 0 Å². The van der Waals surface area contributed by atoms with Crippen LogP contribution in [0, 0.1) is 0 Å². The lowest BCUT2D eigenvalue weighted by atomic mass is 10.1. The summed E-state index contributed by atoms with van der Waals surface area (Å²) < 4.78 is 5.09. The molecule has 2 aromatic rings. The van der Waals surface area contributed by atoms with Crippen molar-refractivity contribution in [2.45, 2.75) is 25.8 Å². The molecule has 0 aliphatic rings. The Hall–Kier alpha value is -0.820. The topological polar surface area (TPSA) is 47.0 Å². The molecule has 1 N–H and O–H groups in total. The first-order valence-electron chi connectivity index (χ1n) is 6.28. The van der Waals surface area contributed by atoms with Crippen LogP contribution < -0.4 is 5.32 Å². The van der Waals surface area contributed by atoms with Gasteiger partial charge in [0, 0.05) is 24.4 Å². The van der Waals surface area contributed by atoms with Crippen LogP contribution in [0.4, 0.5) is 0 Å². The minimum Gasteiger partial charge on any atom is -0.383 e. The van der Waals surface area contributed by atoms with E-state index in [2.05, 4.69) is 34.9 Å². The van der Waals surface area contributed by atoms with Gasteiger partial charge >= 0.3 is 0 Å². The Kier molecular flexibility index (Phi) is 5.45. The monoisotopic (exact) mass is 297 g/mol. The molecule has 0 saturated carbocycles. The second-order valence-corrected chi connectivity index (χ2v) is 6.17. The second-order valence-electron chi connectivity index (χ2n) is 4.56. The van der Waals surface area contributed by atoms with Gasteiger partial charge in [-0.3, -0.25) is 0 Å². The van der Waals surface area contributed by atoms with E-state index in [1.807, 2.05) is 5.51 Å². The van der Waals surface area contributed by atoms with E-state index in [1.165, 1.54) is 0 Å². The van der Waals surface area contributed by atoms with Crippen LogP contribution in [-0.2, 0) is 4.74 Å². The van der Waals surface area contributed by atoms with E-state index >= 15 is 0 Å². The summed E-state index contributed by atoms with van der Waals surface area (Å²) in [6, 6.07) is 0.0684. The van der Waals surface area contributed by atoms with Gasteiger partial charge in [-0.1, -0.05) is 13.8 Å². The highest BCUT2D eigenvalue weighted by Gasteiger charge is 2.19. The summed E-state index contributed by atoms with van der Waals surface area (Å²) in [5.74, 6) is 0.458. The third kappa shape index (κ3) is 3.82. The fraction of sp³-hybridized carbons (Fsp3) is 0.538. The molecule has 2 aromatic heterocycles. The minimum atomic E-state index is 0.0684. The zero-order valence-electron chi connectivity index (χ0n) is 11.4. The van der Waals surface area contributed by atoms with Crippen LogP contribution in [-0.4, -0.2) is 30.2 Å². The van der Waals surface area contributed by atoms with Crippen molar-refractivity contribution in [2.24, 2.45) is 0 Å². The van der Waals surface area contributed by atoms with E-state index in [4.69, 9.17) is 9.72 Å². The molecule has 2 heterocycles. The maximum Gasteiger partial charge on any atom is 0.116 e. The van der Waals surface area contributed by atoms with Gasteiger partial charge in [-0.2, -0.15) is 0 Å².